The summed E-state index contributed by atoms with van der Waals surface area (Å²) < 4.78 is 39.0. The maximum absolute atomic E-state index is 13.5. The molecule has 0 N–H and O–H groups in total. The molecule has 0 radical (unpaired) electrons. The van der Waals surface area contributed by atoms with Crippen molar-refractivity contribution in [3.05, 3.63) is 23.5 Å². The monoisotopic (exact) mass is 295 g/mol. The van der Waals surface area contributed by atoms with Crippen LogP contribution in [0, 0.1) is 0 Å². The van der Waals surface area contributed by atoms with Crippen molar-refractivity contribution in [1.82, 2.24) is 4.98 Å². The van der Waals surface area contributed by atoms with Crippen LogP contribution in [0.15, 0.2) is 12.3 Å². The molecule has 1 aromatic rings. The second-order valence-corrected chi connectivity index (χ2v) is 7.00. The van der Waals surface area contributed by atoms with Gasteiger partial charge in [-0.25, -0.2) is 8.78 Å². The Labute approximate surface area is 124 Å². The van der Waals surface area contributed by atoms with E-state index in [2.05, 4.69) is 4.98 Å². The molecule has 114 valence electrons. The van der Waals surface area contributed by atoms with E-state index in [0.29, 0.717) is 17.4 Å². The van der Waals surface area contributed by atoms with Gasteiger partial charge in [0.2, 0.25) is 0 Å². The van der Waals surface area contributed by atoms with E-state index in [-0.39, 0.29) is 12.8 Å². The largest absolute Gasteiger partial charge is 0.496 e. The number of rotatable bonds is 1. The van der Waals surface area contributed by atoms with E-state index in [1.165, 1.54) is 0 Å². The van der Waals surface area contributed by atoms with Crippen molar-refractivity contribution >= 4 is 12.6 Å². The molecule has 1 aliphatic heterocycles. The molecule has 2 aliphatic rings. The van der Waals surface area contributed by atoms with E-state index in [4.69, 9.17) is 9.31 Å². The molecule has 1 saturated heterocycles. The molecule has 0 atom stereocenters. The van der Waals surface area contributed by atoms with Crippen LogP contribution in [0.5, 0.6) is 0 Å². The molecule has 6 heteroatoms. The van der Waals surface area contributed by atoms with Crippen LogP contribution in [-0.2, 0) is 22.2 Å². The molecular formula is C15H20BF2NO2. The van der Waals surface area contributed by atoms with E-state index < -0.39 is 24.2 Å². The average molecular weight is 295 g/mol. The van der Waals surface area contributed by atoms with Crippen LogP contribution in [0.25, 0.3) is 0 Å². The Kier molecular flexibility index (Phi) is 3.19. The van der Waals surface area contributed by atoms with Crippen LogP contribution in [-0.4, -0.2) is 29.2 Å². The molecule has 0 bridgehead atoms. The second kappa shape index (κ2) is 4.49. The fourth-order valence-electron chi connectivity index (χ4n) is 2.71. The zero-order valence-corrected chi connectivity index (χ0v) is 12.9. The smallest absolute Gasteiger partial charge is 0.399 e. The fraction of sp³-hybridized carbons (Fsp3) is 0.667. The quantitative estimate of drug-likeness (QED) is 0.746. The lowest BCUT2D eigenvalue weighted by atomic mass is 9.78. The second-order valence-electron chi connectivity index (χ2n) is 7.00. The summed E-state index contributed by atoms with van der Waals surface area (Å²) in [4.78, 5) is 4.33. The van der Waals surface area contributed by atoms with Gasteiger partial charge < -0.3 is 9.31 Å². The third kappa shape index (κ3) is 2.59. The highest BCUT2D eigenvalue weighted by Crippen LogP contribution is 2.37. The first kappa shape index (κ1) is 14.9. The van der Waals surface area contributed by atoms with Gasteiger partial charge in [-0.3, -0.25) is 4.98 Å². The lowest BCUT2D eigenvalue weighted by Gasteiger charge is -2.32. The molecule has 0 unspecified atom stereocenters. The molecule has 1 aliphatic carbocycles. The van der Waals surface area contributed by atoms with Gasteiger partial charge in [-0.2, -0.15) is 0 Å². The summed E-state index contributed by atoms with van der Waals surface area (Å²) >= 11 is 0. The molecule has 1 fully saturated rings. The number of aryl methyl sites for hydroxylation is 1. The van der Waals surface area contributed by atoms with Crippen molar-refractivity contribution in [3.63, 3.8) is 0 Å². The Balaban J connectivity index is 1.89. The first-order valence-electron chi connectivity index (χ1n) is 7.31. The number of hydrogen-bond acceptors (Lipinski definition) is 3. The molecular weight excluding hydrogens is 275 g/mol. The van der Waals surface area contributed by atoms with Gasteiger partial charge in [-0.1, -0.05) is 6.07 Å². The SMILES string of the molecule is CC1(C)OB(c2cnc3c(c2)CC(F)(F)CC3)OC1(C)C. The molecule has 0 saturated carbocycles. The Morgan fingerprint density at radius 1 is 1.14 bits per heavy atom. The highest BCUT2D eigenvalue weighted by molar-refractivity contribution is 6.62. The summed E-state index contributed by atoms with van der Waals surface area (Å²) in [6, 6.07) is 1.76. The number of halogens is 2. The van der Waals surface area contributed by atoms with Gasteiger partial charge in [0.1, 0.15) is 0 Å². The maximum Gasteiger partial charge on any atom is 0.496 e. The highest BCUT2D eigenvalue weighted by atomic mass is 19.3. The predicted octanol–water partition coefficient (Wildman–Crippen LogP) is 2.50. The van der Waals surface area contributed by atoms with E-state index in [1.807, 2.05) is 27.7 Å². The minimum absolute atomic E-state index is 0.122. The maximum atomic E-state index is 13.5. The third-order valence-electron chi connectivity index (χ3n) is 4.78. The number of nitrogens with zero attached hydrogens (tertiary/aromatic N) is 1. The summed E-state index contributed by atoms with van der Waals surface area (Å²) in [5.74, 6) is -2.64. The molecule has 3 nitrogen and oxygen atoms in total. The van der Waals surface area contributed by atoms with E-state index in [0.717, 1.165) is 5.69 Å². The van der Waals surface area contributed by atoms with E-state index in [1.54, 1.807) is 12.3 Å². The number of pyridine rings is 1. The molecule has 0 amide bonds. The Morgan fingerprint density at radius 2 is 1.76 bits per heavy atom. The molecule has 0 aromatic carbocycles. The van der Waals surface area contributed by atoms with Crippen LogP contribution in [0.3, 0.4) is 0 Å². The normalized spacial score (nSPS) is 25.7. The van der Waals surface area contributed by atoms with Crippen molar-refractivity contribution in [2.45, 2.75) is 64.1 Å². The Bertz CT molecular complexity index is 559. The third-order valence-corrected chi connectivity index (χ3v) is 4.78. The van der Waals surface area contributed by atoms with Gasteiger partial charge in [0.15, 0.2) is 0 Å². The zero-order valence-electron chi connectivity index (χ0n) is 12.9. The summed E-state index contributed by atoms with van der Waals surface area (Å²) in [6.07, 6.45) is 1.64. The van der Waals surface area contributed by atoms with Crippen molar-refractivity contribution in [2.24, 2.45) is 0 Å². The van der Waals surface area contributed by atoms with Gasteiger partial charge >= 0.3 is 7.12 Å². The molecule has 0 spiro atoms. The van der Waals surface area contributed by atoms with Gasteiger partial charge in [0.05, 0.1) is 11.2 Å². The molecule has 2 heterocycles. The van der Waals surface area contributed by atoms with Crippen LogP contribution in [0.4, 0.5) is 8.78 Å². The van der Waals surface area contributed by atoms with Gasteiger partial charge in [0.25, 0.3) is 5.92 Å². The number of fused-ring (bicyclic) bond motifs is 1. The van der Waals surface area contributed by atoms with Crippen molar-refractivity contribution < 1.29 is 18.1 Å². The Hall–Kier alpha value is -1.01. The average Bonchev–Trinajstić information content (AvgIpc) is 2.56. The minimum atomic E-state index is -2.64. The number of hydrogen-bond donors (Lipinski definition) is 0. The lowest BCUT2D eigenvalue weighted by Crippen LogP contribution is -2.41. The van der Waals surface area contributed by atoms with Gasteiger partial charge in [0, 0.05) is 30.2 Å². The molecule has 1 aromatic heterocycles. The summed E-state index contributed by atoms with van der Waals surface area (Å²) in [5, 5.41) is 0. The number of alkyl halides is 2. The van der Waals surface area contributed by atoms with Crippen LogP contribution in [0.2, 0.25) is 0 Å². The lowest BCUT2D eigenvalue weighted by molar-refractivity contribution is -0.0127. The fourth-order valence-corrected chi connectivity index (χ4v) is 2.71. The molecule has 3 rings (SSSR count). The van der Waals surface area contributed by atoms with E-state index in [9.17, 15) is 8.78 Å². The van der Waals surface area contributed by atoms with Crippen molar-refractivity contribution in [1.29, 1.82) is 0 Å². The summed E-state index contributed by atoms with van der Waals surface area (Å²) in [5.41, 5.74) is 1.19. The topological polar surface area (TPSA) is 31.4 Å². The Morgan fingerprint density at radius 3 is 2.38 bits per heavy atom. The first-order chi connectivity index (χ1) is 9.60. The minimum Gasteiger partial charge on any atom is -0.399 e. The summed E-state index contributed by atoms with van der Waals surface area (Å²) in [6.45, 7) is 7.86. The van der Waals surface area contributed by atoms with E-state index >= 15 is 0 Å². The van der Waals surface area contributed by atoms with Crippen molar-refractivity contribution in [3.8, 4) is 0 Å². The zero-order chi connectivity index (χ0) is 15.5. The van der Waals surface area contributed by atoms with Crippen molar-refractivity contribution in [2.75, 3.05) is 0 Å². The van der Waals surface area contributed by atoms with Gasteiger partial charge in [-0.05, 0) is 39.7 Å². The van der Waals surface area contributed by atoms with Crippen LogP contribution >= 0.6 is 0 Å². The summed E-state index contributed by atoms with van der Waals surface area (Å²) in [7, 11) is -0.552. The highest BCUT2D eigenvalue weighted by Gasteiger charge is 2.52. The van der Waals surface area contributed by atoms with Crippen LogP contribution < -0.4 is 5.46 Å². The molecule has 21 heavy (non-hydrogen) atoms. The predicted molar refractivity (Wildman–Crippen MR) is 76.9 cm³/mol. The standard InChI is InChI=1S/C15H20BF2NO2/c1-13(2)14(3,4)21-16(20-13)11-7-10-8-15(17,18)6-5-12(10)19-9-11/h7,9H,5-6,8H2,1-4H3. The van der Waals surface area contributed by atoms with Gasteiger partial charge in [-0.15, -0.1) is 0 Å². The number of aromatic nitrogens is 1. The first-order valence-corrected chi connectivity index (χ1v) is 7.31. The van der Waals surface area contributed by atoms with Crippen LogP contribution in [0.1, 0.15) is 45.4 Å².